The molecule has 3 nitrogen and oxygen atoms in total. The second-order valence-electron chi connectivity index (χ2n) is 4.17. The zero-order valence-corrected chi connectivity index (χ0v) is 8.93. The van der Waals surface area contributed by atoms with Crippen LogP contribution in [0.3, 0.4) is 0 Å². The van der Waals surface area contributed by atoms with Crippen molar-refractivity contribution in [2.45, 2.75) is 17.7 Å². The summed E-state index contributed by atoms with van der Waals surface area (Å²) in [5.74, 6) is 1.05. The number of benzene rings is 1. The van der Waals surface area contributed by atoms with Crippen molar-refractivity contribution in [2.24, 2.45) is 5.41 Å². The van der Waals surface area contributed by atoms with Gasteiger partial charge < -0.3 is 10.4 Å². The van der Waals surface area contributed by atoms with Gasteiger partial charge >= 0.3 is 0 Å². The Morgan fingerprint density at radius 2 is 2.20 bits per heavy atom. The molecule has 1 amide bonds. The van der Waals surface area contributed by atoms with E-state index in [1.165, 1.54) is 0 Å². The van der Waals surface area contributed by atoms with Gasteiger partial charge in [-0.25, -0.2) is 0 Å². The first-order valence-corrected chi connectivity index (χ1v) is 5.96. The summed E-state index contributed by atoms with van der Waals surface area (Å²) in [6, 6.07) is 5.34. The van der Waals surface area contributed by atoms with Crippen LogP contribution >= 0.6 is 11.8 Å². The van der Waals surface area contributed by atoms with E-state index in [4.69, 9.17) is 0 Å². The fraction of sp³-hybridized carbons (Fsp3) is 0.364. The van der Waals surface area contributed by atoms with Crippen molar-refractivity contribution in [1.29, 1.82) is 0 Å². The van der Waals surface area contributed by atoms with Crippen molar-refractivity contribution in [3.8, 4) is 5.75 Å². The molecule has 0 bridgehead atoms. The monoisotopic (exact) mass is 221 g/mol. The molecule has 0 radical (unpaired) electrons. The van der Waals surface area contributed by atoms with Gasteiger partial charge in [0, 0.05) is 10.6 Å². The van der Waals surface area contributed by atoms with Crippen LogP contribution in [0.15, 0.2) is 23.1 Å². The number of hydrogen-bond acceptors (Lipinski definition) is 3. The summed E-state index contributed by atoms with van der Waals surface area (Å²) in [7, 11) is 0. The van der Waals surface area contributed by atoms with Gasteiger partial charge in [0.1, 0.15) is 5.75 Å². The molecule has 3 rings (SSSR count). The molecule has 1 aliphatic carbocycles. The van der Waals surface area contributed by atoms with Gasteiger partial charge in [-0.05, 0) is 25.0 Å². The lowest BCUT2D eigenvalue weighted by molar-refractivity contribution is -0.120. The summed E-state index contributed by atoms with van der Waals surface area (Å²) in [5.41, 5.74) is 0.423. The van der Waals surface area contributed by atoms with Crippen LogP contribution in [0.1, 0.15) is 12.8 Å². The van der Waals surface area contributed by atoms with E-state index in [9.17, 15) is 9.90 Å². The summed E-state index contributed by atoms with van der Waals surface area (Å²) in [4.78, 5) is 12.8. The molecule has 1 spiro atoms. The number of phenolic OH excluding ortho intramolecular Hbond substituents is 1. The average molecular weight is 221 g/mol. The first-order chi connectivity index (χ1) is 7.21. The van der Waals surface area contributed by atoms with Crippen molar-refractivity contribution in [3.63, 3.8) is 0 Å². The Balaban J connectivity index is 2.04. The third kappa shape index (κ3) is 1.32. The highest BCUT2D eigenvalue weighted by Gasteiger charge is 2.51. The van der Waals surface area contributed by atoms with Crippen LogP contribution < -0.4 is 5.32 Å². The molecule has 1 fully saturated rings. The number of nitrogens with one attached hydrogen (secondary N) is 1. The highest BCUT2D eigenvalue weighted by atomic mass is 32.2. The maximum absolute atomic E-state index is 11.9. The molecular formula is C11H11NO2S. The minimum absolute atomic E-state index is 0.0650. The molecule has 0 unspecified atom stereocenters. The van der Waals surface area contributed by atoms with E-state index in [-0.39, 0.29) is 17.1 Å². The van der Waals surface area contributed by atoms with E-state index in [0.29, 0.717) is 5.69 Å². The number of phenols is 1. The van der Waals surface area contributed by atoms with Gasteiger partial charge in [0.15, 0.2) is 0 Å². The molecule has 1 aromatic rings. The Kier molecular flexibility index (Phi) is 1.77. The number of aromatic hydroxyl groups is 1. The van der Waals surface area contributed by atoms with Crippen LogP contribution in [0, 0.1) is 5.41 Å². The van der Waals surface area contributed by atoms with Gasteiger partial charge in [-0.15, -0.1) is 11.8 Å². The number of hydrogen-bond donors (Lipinski definition) is 2. The summed E-state index contributed by atoms with van der Waals surface area (Å²) in [6.07, 6.45) is 1.95. The van der Waals surface area contributed by atoms with Crippen LogP contribution in [0.25, 0.3) is 0 Å². The third-order valence-corrected chi connectivity index (χ3v) is 4.43. The molecule has 4 heteroatoms. The van der Waals surface area contributed by atoms with Crippen molar-refractivity contribution < 1.29 is 9.90 Å². The number of carbonyl (C=O) groups is 1. The average Bonchev–Trinajstić information content (AvgIpc) is 3.00. The smallest absolute Gasteiger partial charge is 0.231 e. The Bertz CT molecular complexity index is 440. The molecule has 1 aliphatic heterocycles. The van der Waals surface area contributed by atoms with Crippen LogP contribution in [0.4, 0.5) is 5.69 Å². The van der Waals surface area contributed by atoms with Gasteiger partial charge in [0.2, 0.25) is 5.91 Å². The molecule has 78 valence electrons. The van der Waals surface area contributed by atoms with E-state index in [1.807, 2.05) is 6.07 Å². The highest BCUT2D eigenvalue weighted by Crippen LogP contribution is 2.53. The highest BCUT2D eigenvalue weighted by molar-refractivity contribution is 7.99. The number of amides is 1. The third-order valence-electron chi connectivity index (χ3n) is 3.08. The lowest BCUT2D eigenvalue weighted by Crippen LogP contribution is -2.24. The van der Waals surface area contributed by atoms with Crippen LogP contribution in [-0.4, -0.2) is 16.8 Å². The number of fused-ring (bicyclic) bond motifs is 1. The largest absolute Gasteiger partial charge is 0.506 e. The van der Waals surface area contributed by atoms with E-state index in [2.05, 4.69) is 5.32 Å². The fourth-order valence-electron chi connectivity index (χ4n) is 1.82. The fourth-order valence-corrected chi connectivity index (χ4v) is 3.14. The minimum atomic E-state index is -0.157. The van der Waals surface area contributed by atoms with Crippen molar-refractivity contribution in [3.05, 3.63) is 18.2 Å². The topological polar surface area (TPSA) is 49.3 Å². The van der Waals surface area contributed by atoms with Crippen molar-refractivity contribution in [2.75, 3.05) is 11.1 Å². The molecule has 1 heterocycles. The van der Waals surface area contributed by atoms with Crippen LogP contribution in [0.2, 0.25) is 0 Å². The Labute approximate surface area is 91.9 Å². The van der Waals surface area contributed by atoms with Crippen molar-refractivity contribution in [1.82, 2.24) is 0 Å². The predicted octanol–water partition coefficient (Wildman–Crippen LogP) is 2.22. The van der Waals surface area contributed by atoms with Gasteiger partial charge in [-0.1, -0.05) is 6.07 Å². The molecule has 0 saturated heterocycles. The number of anilines is 1. The summed E-state index contributed by atoms with van der Waals surface area (Å²) < 4.78 is 0. The van der Waals surface area contributed by atoms with E-state index < -0.39 is 0 Å². The number of thioether (sulfide) groups is 1. The predicted molar refractivity (Wildman–Crippen MR) is 59.1 cm³/mol. The number of rotatable bonds is 0. The molecule has 2 N–H and O–H groups in total. The molecule has 2 aliphatic rings. The lowest BCUT2D eigenvalue weighted by Gasteiger charge is -2.09. The van der Waals surface area contributed by atoms with Crippen molar-refractivity contribution >= 4 is 23.4 Å². The van der Waals surface area contributed by atoms with Gasteiger partial charge in [0.25, 0.3) is 0 Å². The SMILES string of the molecule is O=C1Nc2c(O)cccc2SCC12CC2. The summed E-state index contributed by atoms with van der Waals surface area (Å²) in [5, 5.41) is 12.5. The first kappa shape index (κ1) is 9.09. The number of carbonyl (C=O) groups excluding carboxylic acids is 1. The van der Waals surface area contributed by atoms with E-state index in [0.717, 1.165) is 23.5 Å². The second kappa shape index (κ2) is 2.92. The minimum Gasteiger partial charge on any atom is -0.506 e. The lowest BCUT2D eigenvalue weighted by atomic mass is 10.1. The Morgan fingerprint density at radius 3 is 2.93 bits per heavy atom. The standard InChI is InChI=1S/C11H11NO2S/c13-7-2-1-3-8-9(7)12-10(14)11(4-5-11)6-15-8/h1-3,13H,4-6H2,(H,12,14). The maximum Gasteiger partial charge on any atom is 0.231 e. The molecule has 15 heavy (non-hydrogen) atoms. The summed E-state index contributed by atoms with van der Waals surface area (Å²) in [6.45, 7) is 0. The molecule has 1 saturated carbocycles. The maximum atomic E-state index is 11.9. The molecule has 0 atom stereocenters. The van der Waals surface area contributed by atoms with Crippen LogP contribution in [-0.2, 0) is 4.79 Å². The number of para-hydroxylation sites is 1. The quantitative estimate of drug-likeness (QED) is 0.660. The normalized spacial score (nSPS) is 21.7. The van der Waals surface area contributed by atoms with Gasteiger partial charge in [-0.2, -0.15) is 0 Å². The first-order valence-electron chi connectivity index (χ1n) is 4.98. The van der Waals surface area contributed by atoms with E-state index >= 15 is 0 Å². The molecule has 1 aromatic carbocycles. The van der Waals surface area contributed by atoms with E-state index in [1.54, 1.807) is 23.9 Å². The molecule has 0 aromatic heterocycles. The zero-order chi connectivity index (χ0) is 10.5. The second-order valence-corrected chi connectivity index (χ2v) is 5.19. The molecular weight excluding hydrogens is 210 g/mol. The van der Waals surface area contributed by atoms with Crippen LogP contribution in [0.5, 0.6) is 5.75 Å². The Morgan fingerprint density at radius 1 is 1.40 bits per heavy atom. The Hall–Kier alpha value is -1.16. The zero-order valence-electron chi connectivity index (χ0n) is 8.12. The van der Waals surface area contributed by atoms with Gasteiger partial charge in [-0.3, -0.25) is 4.79 Å². The van der Waals surface area contributed by atoms with Gasteiger partial charge in [0.05, 0.1) is 11.1 Å². The summed E-state index contributed by atoms with van der Waals surface area (Å²) >= 11 is 1.65.